The number of carbonyl (C=O) groups excluding carboxylic acids is 2. The van der Waals surface area contributed by atoms with Crippen molar-refractivity contribution < 1.29 is 29.3 Å². The van der Waals surface area contributed by atoms with Gasteiger partial charge < -0.3 is 19.7 Å². The number of esters is 2. The molecule has 5 atom stereocenters. The minimum Gasteiger partial charge on any atom is -0.463 e. The highest BCUT2D eigenvalue weighted by molar-refractivity contribution is 6.31. The van der Waals surface area contributed by atoms with Gasteiger partial charge in [0, 0.05) is 17.0 Å². The minimum absolute atomic E-state index is 0.0730. The van der Waals surface area contributed by atoms with Crippen LogP contribution < -0.4 is 0 Å². The van der Waals surface area contributed by atoms with Gasteiger partial charge in [-0.25, -0.2) is 4.79 Å². The van der Waals surface area contributed by atoms with E-state index in [9.17, 15) is 19.8 Å². The Kier molecular flexibility index (Phi) is 8.56. The molecule has 0 aliphatic heterocycles. The third kappa shape index (κ3) is 7.02. The van der Waals surface area contributed by atoms with E-state index in [1.54, 1.807) is 23.0 Å². The highest BCUT2D eigenvalue weighted by Gasteiger charge is 2.44. The smallest absolute Gasteiger partial charge is 0.333 e. The highest BCUT2D eigenvalue weighted by atomic mass is 35.5. The second-order valence-corrected chi connectivity index (χ2v) is 10.9. The van der Waals surface area contributed by atoms with E-state index < -0.39 is 30.2 Å². The van der Waals surface area contributed by atoms with Gasteiger partial charge in [-0.3, -0.25) is 4.79 Å². The van der Waals surface area contributed by atoms with Gasteiger partial charge in [-0.2, -0.15) is 15.0 Å². The lowest BCUT2D eigenvalue weighted by atomic mass is 9.65. The Morgan fingerprint density at radius 3 is 2.51 bits per heavy atom. The van der Waals surface area contributed by atoms with Gasteiger partial charge in [0.1, 0.15) is 30.4 Å². The summed E-state index contributed by atoms with van der Waals surface area (Å²) in [4.78, 5) is 25.5. The van der Waals surface area contributed by atoms with Gasteiger partial charge in [0.2, 0.25) is 0 Å². The normalized spacial score (nSPS) is 23.6. The van der Waals surface area contributed by atoms with E-state index >= 15 is 0 Å². The van der Waals surface area contributed by atoms with Crippen LogP contribution in [0.15, 0.2) is 30.4 Å². The summed E-state index contributed by atoms with van der Waals surface area (Å²) in [5.74, 6) is -1.24. The molecule has 192 valence electrons. The Balaban J connectivity index is 1.66. The number of nitrogens with zero attached hydrogens (tertiary/aromatic N) is 3. The summed E-state index contributed by atoms with van der Waals surface area (Å²) in [6, 6.07) is 4.84. The molecular formula is C25H34ClN3O6. The van der Waals surface area contributed by atoms with Crippen LogP contribution in [-0.2, 0) is 19.1 Å². The van der Waals surface area contributed by atoms with E-state index in [-0.39, 0.29) is 42.5 Å². The first-order chi connectivity index (χ1) is 16.3. The standard InChI is InChI=1S/C25H34ClN3O6/c1-14(2)24(33)35-13-17(30)12-34-22(31)10-15-8-18(25(3,4)5)23(32)21(9-15)29-27-19-7-6-16(26)11-20(19)28-29/h6-7,11,15,17-18,21,23,30,32H,1,8-10,12-13H2,2-5H3. The zero-order valence-electron chi connectivity index (χ0n) is 20.6. The van der Waals surface area contributed by atoms with Crippen LogP contribution in [0.4, 0.5) is 0 Å². The van der Waals surface area contributed by atoms with Gasteiger partial charge in [-0.1, -0.05) is 39.0 Å². The summed E-state index contributed by atoms with van der Waals surface area (Å²) in [6.07, 6.45) is -0.555. The summed E-state index contributed by atoms with van der Waals surface area (Å²) in [5, 5.41) is 30.9. The Hall–Kier alpha value is -2.49. The molecule has 2 aromatic rings. The van der Waals surface area contributed by atoms with Gasteiger partial charge in [0.25, 0.3) is 0 Å². The van der Waals surface area contributed by atoms with Crippen molar-refractivity contribution in [1.82, 2.24) is 15.0 Å². The summed E-state index contributed by atoms with van der Waals surface area (Å²) in [7, 11) is 0. The van der Waals surface area contributed by atoms with Crippen LogP contribution in [0.5, 0.6) is 0 Å². The molecule has 0 bridgehead atoms. The SMILES string of the molecule is C=C(C)C(=O)OCC(O)COC(=O)CC1CC(n2nc3ccc(Cl)cc3n2)C(O)C(C(C)(C)C)C1. The molecule has 0 radical (unpaired) electrons. The predicted octanol–water partition coefficient (Wildman–Crippen LogP) is 3.47. The molecule has 10 heteroatoms. The first-order valence-electron chi connectivity index (χ1n) is 11.7. The first kappa shape index (κ1) is 27.1. The Morgan fingerprint density at radius 2 is 1.86 bits per heavy atom. The Labute approximate surface area is 210 Å². The number of hydrogen-bond acceptors (Lipinski definition) is 8. The number of hydrogen-bond donors (Lipinski definition) is 2. The van der Waals surface area contributed by atoms with Crippen LogP contribution in [0.1, 0.15) is 53.0 Å². The van der Waals surface area contributed by atoms with E-state index in [1.807, 2.05) is 0 Å². The molecule has 0 spiro atoms. The lowest BCUT2D eigenvalue weighted by Crippen LogP contribution is -2.45. The van der Waals surface area contributed by atoms with Gasteiger partial charge in [-0.15, -0.1) is 0 Å². The van der Waals surface area contributed by atoms with E-state index in [4.69, 9.17) is 21.1 Å². The topological polar surface area (TPSA) is 124 Å². The fourth-order valence-corrected chi connectivity index (χ4v) is 4.65. The van der Waals surface area contributed by atoms with Crippen LogP contribution in [-0.4, -0.2) is 62.6 Å². The summed E-state index contributed by atoms with van der Waals surface area (Å²) in [6.45, 7) is 10.6. The minimum atomic E-state index is -1.13. The number of halogens is 1. The molecule has 5 unspecified atom stereocenters. The monoisotopic (exact) mass is 507 g/mol. The third-order valence-electron chi connectivity index (χ3n) is 6.38. The lowest BCUT2D eigenvalue weighted by Gasteiger charge is -2.44. The average molecular weight is 508 g/mol. The van der Waals surface area contributed by atoms with E-state index in [2.05, 4.69) is 37.5 Å². The predicted molar refractivity (Wildman–Crippen MR) is 131 cm³/mol. The number of fused-ring (bicyclic) bond motifs is 1. The van der Waals surface area contributed by atoms with Crippen molar-refractivity contribution in [2.24, 2.45) is 17.3 Å². The molecule has 1 aliphatic carbocycles. The van der Waals surface area contributed by atoms with Crippen molar-refractivity contribution in [3.8, 4) is 0 Å². The van der Waals surface area contributed by atoms with Gasteiger partial charge in [0.15, 0.2) is 0 Å². The largest absolute Gasteiger partial charge is 0.463 e. The number of aromatic nitrogens is 3. The molecule has 0 amide bonds. The Morgan fingerprint density at radius 1 is 1.20 bits per heavy atom. The lowest BCUT2D eigenvalue weighted by molar-refractivity contribution is -0.152. The van der Waals surface area contributed by atoms with Crippen molar-refractivity contribution in [2.45, 2.75) is 65.2 Å². The van der Waals surface area contributed by atoms with Crippen molar-refractivity contribution in [3.05, 3.63) is 35.4 Å². The van der Waals surface area contributed by atoms with Crippen LogP contribution >= 0.6 is 11.6 Å². The number of rotatable bonds is 8. The molecule has 1 aromatic carbocycles. The molecular weight excluding hydrogens is 474 g/mol. The molecule has 3 rings (SSSR count). The Bertz CT molecular complexity index is 1080. The molecule has 1 aromatic heterocycles. The molecule has 0 saturated heterocycles. The van der Waals surface area contributed by atoms with E-state index in [0.717, 1.165) is 0 Å². The second-order valence-electron chi connectivity index (χ2n) is 10.4. The van der Waals surface area contributed by atoms with E-state index in [0.29, 0.717) is 28.9 Å². The zero-order valence-corrected chi connectivity index (χ0v) is 21.4. The number of ether oxygens (including phenoxy) is 2. The fraction of sp³-hybridized carbons (Fsp3) is 0.600. The van der Waals surface area contributed by atoms with Gasteiger partial charge >= 0.3 is 11.9 Å². The van der Waals surface area contributed by atoms with Crippen molar-refractivity contribution in [3.63, 3.8) is 0 Å². The van der Waals surface area contributed by atoms with Gasteiger partial charge in [0.05, 0.1) is 12.1 Å². The molecule has 1 aliphatic rings. The van der Waals surface area contributed by atoms with Crippen LogP contribution in [0.25, 0.3) is 11.0 Å². The van der Waals surface area contributed by atoms with Crippen molar-refractivity contribution in [2.75, 3.05) is 13.2 Å². The summed E-state index contributed by atoms with van der Waals surface area (Å²) < 4.78 is 10.1. The second kappa shape index (κ2) is 11.1. The molecule has 9 nitrogen and oxygen atoms in total. The number of carbonyl (C=O) groups is 2. The number of benzene rings is 1. The number of aliphatic hydroxyl groups excluding tert-OH is 2. The maximum Gasteiger partial charge on any atom is 0.333 e. The van der Waals surface area contributed by atoms with Gasteiger partial charge in [-0.05, 0) is 55.2 Å². The van der Waals surface area contributed by atoms with Crippen LogP contribution in [0, 0.1) is 17.3 Å². The molecule has 1 saturated carbocycles. The summed E-state index contributed by atoms with van der Waals surface area (Å²) >= 11 is 6.08. The zero-order chi connectivity index (χ0) is 25.9. The summed E-state index contributed by atoms with van der Waals surface area (Å²) in [5.41, 5.74) is 1.33. The molecule has 1 fully saturated rings. The maximum absolute atomic E-state index is 12.6. The van der Waals surface area contributed by atoms with E-state index in [1.165, 1.54) is 6.92 Å². The van der Waals surface area contributed by atoms with Crippen molar-refractivity contribution in [1.29, 1.82) is 0 Å². The van der Waals surface area contributed by atoms with Crippen LogP contribution in [0.2, 0.25) is 5.02 Å². The maximum atomic E-state index is 12.6. The molecule has 35 heavy (non-hydrogen) atoms. The fourth-order valence-electron chi connectivity index (χ4n) is 4.49. The quantitative estimate of drug-likeness (QED) is 0.411. The highest BCUT2D eigenvalue weighted by Crippen LogP contribution is 2.45. The third-order valence-corrected chi connectivity index (χ3v) is 6.62. The van der Waals surface area contributed by atoms with Crippen LogP contribution in [0.3, 0.4) is 0 Å². The number of aliphatic hydroxyl groups is 2. The molecule has 1 heterocycles. The first-order valence-corrected chi connectivity index (χ1v) is 12.1. The van der Waals surface area contributed by atoms with Crippen molar-refractivity contribution >= 4 is 34.6 Å². The molecule has 2 N–H and O–H groups in total. The average Bonchev–Trinajstić information content (AvgIpc) is 3.19.